The molecule has 1 saturated heterocycles. The number of hydrogen-bond acceptors (Lipinski definition) is 5. The SMILES string of the molecule is CO[C@@H]1C[C@@H](c2ncn[nH]2)N(CC(=O)N(C)Cc2ccccc2C)C1. The van der Waals surface area contributed by atoms with Crippen LogP contribution in [0.4, 0.5) is 0 Å². The first-order chi connectivity index (χ1) is 12.1. The van der Waals surface area contributed by atoms with Gasteiger partial charge in [-0.05, 0) is 24.5 Å². The zero-order chi connectivity index (χ0) is 17.8. The number of likely N-dealkylation sites (tertiary alicyclic amines) is 1. The van der Waals surface area contributed by atoms with Crippen LogP contribution in [0.5, 0.6) is 0 Å². The second kappa shape index (κ2) is 7.76. The van der Waals surface area contributed by atoms with Crippen molar-refractivity contribution in [3.05, 3.63) is 47.5 Å². The van der Waals surface area contributed by atoms with E-state index in [-0.39, 0.29) is 18.1 Å². The molecule has 1 aliphatic heterocycles. The molecule has 2 atom stereocenters. The van der Waals surface area contributed by atoms with Gasteiger partial charge in [-0.25, -0.2) is 4.98 Å². The third-order valence-corrected chi connectivity index (χ3v) is 4.88. The molecule has 2 heterocycles. The molecular weight excluding hydrogens is 318 g/mol. The quantitative estimate of drug-likeness (QED) is 0.861. The molecule has 7 nitrogen and oxygen atoms in total. The van der Waals surface area contributed by atoms with Crippen LogP contribution in [-0.2, 0) is 16.1 Å². The lowest BCUT2D eigenvalue weighted by Gasteiger charge is -2.25. The number of benzene rings is 1. The van der Waals surface area contributed by atoms with E-state index in [1.165, 1.54) is 17.5 Å². The van der Waals surface area contributed by atoms with Crippen LogP contribution in [0.3, 0.4) is 0 Å². The van der Waals surface area contributed by atoms with Gasteiger partial charge in [0.15, 0.2) is 0 Å². The fourth-order valence-electron chi connectivity index (χ4n) is 3.29. The van der Waals surface area contributed by atoms with Crippen molar-refractivity contribution < 1.29 is 9.53 Å². The van der Waals surface area contributed by atoms with Gasteiger partial charge in [-0.15, -0.1) is 0 Å². The van der Waals surface area contributed by atoms with Crippen molar-refractivity contribution in [1.29, 1.82) is 0 Å². The number of carbonyl (C=O) groups excluding carboxylic acids is 1. The Morgan fingerprint density at radius 2 is 2.24 bits per heavy atom. The molecule has 3 rings (SSSR count). The fraction of sp³-hybridized carbons (Fsp3) is 0.500. The molecule has 7 heteroatoms. The van der Waals surface area contributed by atoms with Crippen molar-refractivity contribution in [3.63, 3.8) is 0 Å². The molecule has 1 aromatic carbocycles. The van der Waals surface area contributed by atoms with Crippen LogP contribution in [-0.4, -0.2) is 64.2 Å². The highest BCUT2D eigenvalue weighted by atomic mass is 16.5. The Kier molecular flexibility index (Phi) is 5.45. The predicted molar refractivity (Wildman–Crippen MR) is 93.8 cm³/mol. The number of methoxy groups -OCH3 is 1. The smallest absolute Gasteiger partial charge is 0.236 e. The Morgan fingerprint density at radius 1 is 1.44 bits per heavy atom. The maximum Gasteiger partial charge on any atom is 0.236 e. The highest BCUT2D eigenvalue weighted by molar-refractivity contribution is 5.78. The predicted octanol–water partition coefficient (Wildman–Crippen LogP) is 1.53. The fourth-order valence-corrected chi connectivity index (χ4v) is 3.29. The molecule has 0 spiro atoms. The number of aryl methyl sites for hydroxylation is 1. The number of ether oxygens (including phenoxy) is 1. The highest BCUT2D eigenvalue weighted by Crippen LogP contribution is 2.30. The minimum Gasteiger partial charge on any atom is -0.380 e. The number of amides is 1. The zero-order valence-electron chi connectivity index (χ0n) is 15.0. The van der Waals surface area contributed by atoms with E-state index in [9.17, 15) is 4.79 Å². The molecule has 1 N–H and O–H groups in total. The molecule has 0 saturated carbocycles. The van der Waals surface area contributed by atoms with E-state index in [2.05, 4.69) is 39.1 Å². The monoisotopic (exact) mass is 343 g/mol. The van der Waals surface area contributed by atoms with Gasteiger partial charge in [-0.1, -0.05) is 24.3 Å². The molecule has 0 radical (unpaired) electrons. The number of aromatic amines is 1. The standard InChI is InChI=1S/C18H25N5O2/c1-13-6-4-5-7-14(13)9-22(2)17(24)11-23-10-15(25-3)8-16(23)18-19-12-20-21-18/h4-7,12,15-16H,8-11H2,1-3H3,(H,19,20,21)/t15-,16+/m1/s1. The molecule has 0 unspecified atom stereocenters. The number of likely N-dealkylation sites (N-methyl/N-ethyl adjacent to an activating group) is 1. The van der Waals surface area contributed by atoms with Gasteiger partial charge in [0, 0.05) is 27.2 Å². The van der Waals surface area contributed by atoms with Crippen LogP contribution in [0.15, 0.2) is 30.6 Å². The first kappa shape index (κ1) is 17.6. The Hall–Kier alpha value is -2.25. The summed E-state index contributed by atoms with van der Waals surface area (Å²) in [7, 11) is 3.56. The van der Waals surface area contributed by atoms with Crippen molar-refractivity contribution in [3.8, 4) is 0 Å². The van der Waals surface area contributed by atoms with Crippen molar-refractivity contribution in [2.45, 2.75) is 32.0 Å². The van der Waals surface area contributed by atoms with Gasteiger partial charge in [-0.3, -0.25) is 14.8 Å². The third kappa shape index (κ3) is 4.05. The lowest BCUT2D eigenvalue weighted by Crippen LogP contribution is -2.38. The van der Waals surface area contributed by atoms with Crippen molar-refractivity contribution in [2.24, 2.45) is 0 Å². The summed E-state index contributed by atoms with van der Waals surface area (Å²) in [6, 6.07) is 8.18. The van der Waals surface area contributed by atoms with E-state index >= 15 is 0 Å². The van der Waals surface area contributed by atoms with Crippen LogP contribution in [0.1, 0.15) is 29.4 Å². The van der Waals surface area contributed by atoms with Crippen LogP contribution in [0.25, 0.3) is 0 Å². The molecule has 1 aliphatic rings. The second-order valence-corrected chi connectivity index (χ2v) is 6.59. The third-order valence-electron chi connectivity index (χ3n) is 4.88. The Balaban J connectivity index is 1.65. The Bertz CT molecular complexity index is 703. The van der Waals surface area contributed by atoms with E-state index in [4.69, 9.17) is 4.74 Å². The van der Waals surface area contributed by atoms with Gasteiger partial charge >= 0.3 is 0 Å². The molecule has 1 fully saturated rings. The summed E-state index contributed by atoms with van der Waals surface area (Å²) in [5.74, 6) is 0.874. The second-order valence-electron chi connectivity index (χ2n) is 6.59. The van der Waals surface area contributed by atoms with Gasteiger partial charge in [0.2, 0.25) is 5.91 Å². The number of aromatic nitrogens is 3. The number of nitrogens with zero attached hydrogens (tertiary/aromatic N) is 4. The molecule has 0 bridgehead atoms. The van der Waals surface area contributed by atoms with E-state index in [0.717, 1.165) is 12.2 Å². The first-order valence-corrected chi connectivity index (χ1v) is 8.49. The van der Waals surface area contributed by atoms with Crippen molar-refractivity contribution >= 4 is 5.91 Å². The number of carbonyl (C=O) groups is 1. The summed E-state index contributed by atoms with van der Waals surface area (Å²) >= 11 is 0. The summed E-state index contributed by atoms with van der Waals surface area (Å²) in [6.07, 6.45) is 2.41. The van der Waals surface area contributed by atoms with E-state index in [1.807, 2.05) is 19.2 Å². The highest BCUT2D eigenvalue weighted by Gasteiger charge is 2.36. The number of rotatable bonds is 6. The maximum absolute atomic E-state index is 12.7. The van der Waals surface area contributed by atoms with Gasteiger partial charge in [-0.2, -0.15) is 5.10 Å². The first-order valence-electron chi connectivity index (χ1n) is 8.49. The minimum absolute atomic E-state index is 0.0308. The summed E-state index contributed by atoms with van der Waals surface area (Å²) < 4.78 is 5.49. The van der Waals surface area contributed by atoms with Gasteiger partial charge < -0.3 is 9.64 Å². The lowest BCUT2D eigenvalue weighted by molar-refractivity contribution is -0.132. The van der Waals surface area contributed by atoms with Crippen molar-refractivity contribution in [2.75, 3.05) is 27.2 Å². The van der Waals surface area contributed by atoms with Crippen molar-refractivity contribution in [1.82, 2.24) is 25.0 Å². The molecule has 25 heavy (non-hydrogen) atoms. The van der Waals surface area contributed by atoms with E-state index in [0.29, 0.717) is 19.6 Å². The lowest BCUT2D eigenvalue weighted by atomic mass is 10.1. The van der Waals surface area contributed by atoms with Crippen LogP contribution in [0.2, 0.25) is 0 Å². The number of hydrogen-bond donors (Lipinski definition) is 1. The molecule has 134 valence electrons. The van der Waals surface area contributed by atoms with Gasteiger partial charge in [0.05, 0.1) is 18.7 Å². The van der Waals surface area contributed by atoms with E-state index < -0.39 is 0 Å². The van der Waals surface area contributed by atoms with Gasteiger partial charge in [0.1, 0.15) is 12.2 Å². The number of nitrogens with one attached hydrogen (secondary N) is 1. The molecule has 1 aromatic heterocycles. The molecule has 0 aliphatic carbocycles. The summed E-state index contributed by atoms with van der Waals surface area (Å²) in [5.41, 5.74) is 2.36. The minimum atomic E-state index is 0.0308. The largest absolute Gasteiger partial charge is 0.380 e. The van der Waals surface area contributed by atoms with E-state index in [1.54, 1.807) is 12.0 Å². The maximum atomic E-state index is 12.7. The topological polar surface area (TPSA) is 74.4 Å². The zero-order valence-corrected chi connectivity index (χ0v) is 15.0. The van der Waals surface area contributed by atoms with Crippen LogP contribution in [0, 0.1) is 6.92 Å². The summed E-state index contributed by atoms with van der Waals surface area (Å²) in [4.78, 5) is 20.9. The van der Waals surface area contributed by atoms with Gasteiger partial charge in [0.25, 0.3) is 0 Å². The average molecular weight is 343 g/mol. The Labute approximate surface area is 148 Å². The molecule has 1 amide bonds. The number of H-pyrrole nitrogens is 1. The summed E-state index contributed by atoms with van der Waals surface area (Å²) in [5, 5.41) is 6.85. The molecule has 2 aromatic rings. The summed E-state index contributed by atoms with van der Waals surface area (Å²) in [6.45, 7) is 3.73. The van der Waals surface area contributed by atoms with Crippen LogP contribution < -0.4 is 0 Å². The van der Waals surface area contributed by atoms with Crippen LogP contribution >= 0.6 is 0 Å². The molecular formula is C18H25N5O2. The average Bonchev–Trinajstić information content (AvgIpc) is 3.26. The Morgan fingerprint density at radius 3 is 2.92 bits per heavy atom. The normalized spacial score (nSPS) is 20.8.